The van der Waals surface area contributed by atoms with Crippen LogP contribution in [0, 0.1) is 0 Å². The molecule has 0 aliphatic heterocycles. The van der Waals surface area contributed by atoms with E-state index in [0.29, 0.717) is 47.6 Å². The molecule has 4 aromatic carbocycles. The van der Waals surface area contributed by atoms with Crippen LogP contribution >= 0.6 is 0 Å². The topological polar surface area (TPSA) is 201 Å². The summed E-state index contributed by atoms with van der Waals surface area (Å²) in [6.07, 6.45) is 0.785. The quantitative estimate of drug-likeness (QED) is 0.0698. The fraction of sp³-hybridized carbons (Fsp3) is 0.304. The van der Waals surface area contributed by atoms with Gasteiger partial charge in [0.2, 0.25) is 31.8 Å². The smallest absolute Gasteiger partial charge is 0.335 e. The minimum atomic E-state index is -3.38. The number of rotatable bonds is 18. The first kappa shape index (κ1) is 47.9. The largest absolute Gasteiger partial charge is 0.478 e. The van der Waals surface area contributed by atoms with Crippen molar-refractivity contribution in [3.05, 3.63) is 131 Å². The van der Waals surface area contributed by atoms with Crippen LogP contribution in [-0.4, -0.2) is 65.3 Å². The number of aromatic nitrogens is 4. The SMILES string of the molecule is CCn1nc(-c2cccc(C(C)(C)NS(=O)(=O)CC)c2)cc1Oc1ccc(C(=O)O)cc1.CCn1nc(-c2cccc(C(C)(C)NS(=O)(=O)CC)c2)cc1Oc1ccc(C=O)cc1. The highest BCUT2D eigenvalue weighted by Crippen LogP contribution is 2.32. The van der Waals surface area contributed by atoms with Gasteiger partial charge in [-0.05, 0) is 127 Å². The fourth-order valence-electron chi connectivity index (χ4n) is 6.39. The first-order valence-electron chi connectivity index (χ1n) is 20.4. The van der Waals surface area contributed by atoms with E-state index in [-0.39, 0.29) is 17.1 Å². The highest BCUT2D eigenvalue weighted by molar-refractivity contribution is 7.89. The number of aryl methyl sites for hydroxylation is 2. The lowest BCUT2D eigenvalue weighted by Gasteiger charge is -2.26. The molecule has 17 heteroatoms. The van der Waals surface area contributed by atoms with Gasteiger partial charge in [-0.2, -0.15) is 10.2 Å². The average molecular weight is 899 g/mol. The Morgan fingerprint density at radius 1 is 0.635 bits per heavy atom. The van der Waals surface area contributed by atoms with Gasteiger partial charge in [-0.15, -0.1) is 0 Å². The van der Waals surface area contributed by atoms with Gasteiger partial charge in [0.05, 0.1) is 39.5 Å². The maximum Gasteiger partial charge on any atom is 0.335 e. The maximum absolute atomic E-state index is 12.1. The number of ether oxygens (including phenoxy) is 2. The molecule has 15 nitrogen and oxygen atoms in total. The molecule has 6 rings (SSSR count). The fourth-order valence-corrected chi connectivity index (χ4v) is 8.47. The van der Waals surface area contributed by atoms with Crippen LogP contribution in [-0.2, 0) is 44.2 Å². The normalized spacial score (nSPS) is 12.0. The number of hydrogen-bond acceptors (Lipinski definition) is 10. The van der Waals surface area contributed by atoms with Crippen molar-refractivity contribution >= 4 is 32.3 Å². The molecule has 0 fully saturated rings. The molecule has 0 unspecified atom stereocenters. The number of carboxylic acids is 1. The lowest BCUT2D eigenvalue weighted by molar-refractivity contribution is 0.0696. The number of carbonyl (C=O) groups excluding carboxylic acids is 1. The molecule has 0 saturated carbocycles. The summed E-state index contributed by atoms with van der Waals surface area (Å²) < 4.78 is 69.2. The standard InChI is InChI=1S/C23H27N3O5S.C23H27N3O4S/c1-5-26-21(31-19-12-10-16(11-13-19)22(27)28)15-20(24-26)17-8-7-9-18(14-17)23(3,4)25-32(29,30)6-2;1-5-26-22(30-20-12-10-17(16-27)11-13-20)15-21(24-26)18-8-7-9-19(14-18)23(3,4)25-31(28,29)6-2/h7-15,25H,5-6H2,1-4H3,(H,27,28);7-16,25H,5-6H2,1-4H3. The summed E-state index contributed by atoms with van der Waals surface area (Å²) in [6.45, 7) is 15.6. The Kier molecular flexibility index (Phi) is 15.1. The zero-order chi connectivity index (χ0) is 46.2. The number of carbonyl (C=O) groups is 2. The highest BCUT2D eigenvalue weighted by atomic mass is 32.2. The molecule has 2 heterocycles. The van der Waals surface area contributed by atoms with Gasteiger partial charge in [-0.25, -0.2) is 40.4 Å². The van der Waals surface area contributed by atoms with Crippen molar-refractivity contribution in [2.24, 2.45) is 0 Å². The van der Waals surface area contributed by atoms with E-state index in [1.54, 1.807) is 65.7 Å². The van der Waals surface area contributed by atoms with Gasteiger partial charge < -0.3 is 14.6 Å². The number of aromatic carboxylic acids is 1. The van der Waals surface area contributed by atoms with Crippen molar-refractivity contribution in [2.45, 2.75) is 79.6 Å². The molecule has 2 aromatic heterocycles. The highest BCUT2D eigenvalue weighted by Gasteiger charge is 2.28. The van der Waals surface area contributed by atoms with Crippen LogP contribution in [0.15, 0.2) is 109 Å². The molecular formula is C46H54N6O9S2. The van der Waals surface area contributed by atoms with E-state index in [9.17, 15) is 26.4 Å². The predicted octanol–water partition coefficient (Wildman–Crippen LogP) is 8.58. The number of aldehydes is 1. The van der Waals surface area contributed by atoms with Crippen molar-refractivity contribution in [2.75, 3.05) is 11.5 Å². The van der Waals surface area contributed by atoms with Crippen molar-refractivity contribution in [1.29, 1.82) is 0 Å². The Balaban J connectivity index is 0.000000238. The van der Waals surface area contributed by atoms with Crippen molar-refractivity contribution in [1.82, 2.24) is 29.0 Å². The number of nitrogens with one attached hydrogen (secondary N) is 2. The van der Waals surface area contributed by atoms with Crippen LogP contribution in [0.2, 0.25) is 0 Å². The van der Waals surface area contributed by atoms with E-state index >= 15 is 0 Å². The lowest BCUT2D eigenvalue weighted by atomic mass is 9.93. The Bertz CT molecular complexity index is 2760. The summed E-state index contributed by atoms with van der Waals surface area (Å²) >= 11 is 0. The molecular weight excluding hydrogens is 845 g/mol. The van der Waals surface area contributed by atoms with Crippen LogP contribution in [0.25, 0.3) is 22.5 Å². The maximum atomic E-state index is 12.1. The molecule has 6 aromatic rings. The van der Waals surface area contributed by atoms with E-state index in [1.807, 2.05) is 96.1 Å². The van der Waals surface area contributed by atoms with Gasteiger partial charge in [0.25, 0.3) is 0 Å². The summed E-state index contributed by atoms with van der Waals surface area (Å²) in [4.78, 5) is 21.9. The lowest BCUT2D eigenvalue weighted by Crippen LogP contribution is -2.41. The van der Waals surface area contributed by atoms with Gasteiger partial charge in [0.1, 0.15) is 17.8 Å². The first-order chi connectivity index (χ1) is 29.7. The van der Waals surface area contributed by atoms with E-state index in [1.165, 1.54) is 12.1 Å². The third kappa shape index (κ3) is 12.5. The minimum Gasteiger partial charge on any atom is -0.478 e. The van der Waals surface area contributed by atoms with Gasteiger partial charge in [-0.3, -0.25) is 4.79 Å². The summed E-state index contributed by atoms with van der Waals surface area (Å²) in [5.74, 6) is 1.23. The van der Waals surface area contributed by atoms with Crippen LogP contribution in [0.5, 0.6) is 23.3 Å². The Morgan fingerprint density at radius 2 is 1.03 bits per heavy atom. The molecule has 334 valence electrons. The Labute approximate surface area is 369 Å². The molecule has 0 aliphatic carbocycles. The second kappa shape index (κ2) is 19.9. The average Bonchev–Trinajstić information content (AvgIpc) is 3.87. The summed E-state index contributed by atoms with van der Waals surface area (Å²) in [5.41, 5.74) is 3.93. The van der Waals surface area contributed by atoms with E-state index < -0.39 is 37.1 Å². The molecule has 0 bridgehead atoms. The van der Waals surface area contributed by atoms with Crippen LogP contribution < -0.4 is 18.9 Å². The predicted molar refractivity (Wildman–Crippen MR) is 243 cm³/mol. The molecule has 0 spiro atoms. The number of benzene rings is 4. The number of hydrogen-bond donors (Lipinski definition) is 3. The zero-order valence-electron chi connectivity index (χ0n) is 36.6. The molecule has 0 amide bonds. The van der Waals surface area contributed by atoms with E-state index in [2.05, 4.69) is 19.6 Å². The third-order valence-electron chi connectivity index (χ3n) is 9.99. The number of sulfonamides is 2. The van der Waals surface area contributed by atoms with E-state index in [0.717, 1.165) is 34.2 Å². The molecule has 63 heavy (non-hydrogen) atoms. The monoisotopic (exact) mass is 898 g/mol. The second-order valence-corrected chi connectivity index (χ2v) is 19.5. The van der Waals surface area contributed by atoms with Crippen molar-refractivity contribution < 1.29 is 41.0 Å². The molecule has 0 saturated heterocycles. The molecule has 0 aliphatic rings. The number of carboxylic acid groups (broad SMARTS) is 1. The molecule has 0 radical (unpaired) electrons. The summed E-state index contributed by atoms with van der Waals surface area (Å²) in [6, 6.07) is 31.9. The molecule has 0 atom stereocenters. The van der Waals surface area contributed by atoms with Crippen molar-refractivity contribution in [3.63, 3.8) is 0 Å². The Morgan fingerprint density at radius 3 is 1.38 bits per heavy atom. The minimum absolute atomic E-state index is 0.00513. The first-order valence-corrected chi connectivity index (χ1v) is 23.7. The number of nitrogens with zero attached hydrogens (tertiary/aromatic N) is 4. The van der Waals surface area contributed by atoms with Crippen molar-refractivity contribution in [3.8, 4) is 45.8 Å². The Hall–Kier alpha value is -6.14. The second-order valence-electron chi connectivity index (χ2n) is 15.5. The van der Waals surface area contributed by atoms with Crippen LogP contribution in [0.4, 0.5) is 0 Å². The third-order valence-corrected chi connectivity index (χ3v) is 13.2. The van der Waals surface area contributed by atoms with Gasteiger partial charge in [0.15, 0.2) is 0 Å². The van der Waals surface area contributed by atoms with Crippen LogP contribution in [0.1, 0.15) is 87.2 Å². The van der Waals surface area contributed by atoms with Gasteiger partial charge in [-0.1, -0.05) is 36.4 Å². The van der Waals surface area contributed by atoms with E-state index in [4.69, 9.17) is 14.6 Å². The molecule has 3 N–H and O–H groups in total. The van der Waals surface area contributed by atoms with Crippen LogP contribution in [0.3, 0.4) is 0 Å². The van der Waals surface area contributed by atoms with Gasteiger partial charge in [0, 0.05) is 41.9 Å². The van der Waals surface area contributed by atoms with Gasteiger partial charge >= 0.3 is 5.97 Å². The summed E-state index contributed by atoms with van der Waals surface area (Å²) in [7, 11) is -6.74. The zero-order valence-corrected chi connectivity index (χ0v) is 38.2. The summed E-state index contributed by atoms with van der Waals surface area (Å²) in [5, 5.41) is 18.3.